The Labute approximate surface area is 112 Å². The van der Waals surface area contributed by atoms with Crippen LogP contribution in [0, 0.1) is 0 Å². The molecule has 1 N–H and O–H groups in total. The third-order valence-corrected chi connectivity index (χ3v) is 3.69. The topological polar surface area (TPSA) is 40.5 Å². The molecule has 98 valence electrons. The second-order valence-electron chi connectivity index (χ2n) is 4.73. The average Bonchev–Trinajstić information content (AvgIpc) is 2.29. The van der Waals surface area contributed by atoms with Gasteiger partial charge in [-0.05, 0) is 31.0 Å². The second kappa shape index (κ2) is 6.10. The minimum atomic E-state index is -0.934. The SMILES string of the molecule is O=C(O)c1ccc(N2CCCCCCC2)c(Cl)c1. The van der Waals surface area contributed by atoms with Crippen molar-refractivity contribution in [1.29, 1.82) is 0 Å². The fraction of sp³-hybridized carbons (Fsp3) is 0.500. The molecule has 18 heavy (non-hydrogen) atoms. The summed E-state index contributed by atoms with van der Waals surface area (Å²) in [6.07, 6.45) is 6.20. The summed E-state index contributed by atoms with van der Waals surface area (Å²) in [6.45, 7) is 2.01. The number of carbonyl (C=O) groups is 1. The molecule has 4 heteroatoms. The van der Waals surface area contributed by atoms with E-state index >= 15 is 0 Å². The van der Waals surface area contributed by atoms with Crippen molar-refractivity contribution in [1.82, 2.24) is 0 Å². The first kappa shape index (κ1) is 13.2. The number of aromatic carboxylic acids is 1. The summed E-state index contributed by atoms with van der Waals surface area (Å²) in [5.41, 5.74) is 1.21. The minimum absolute atomic E-state index is 0.246. The lowest BCUT2D eigenvalue weighted by Gasteiger charge is -2.27. The van der Waals surface area contributed by atoms with Crippen LogP contribution in [0.5, 0.6) is 0 Å². The van der Waals surface area contributed by atoms with Crippen molar-refractivity contribution in [3.63, 3.8) is 0 Å². The number of nitrogens with zero attached hydrogens (tertiary/aromatic N) is 1. The molecule has 1 fully saturated rings. The van der Waals surface area contributed by atoms with E-state index in [9.17, 15) is 4.79 Å². The maximum absolute atomic E-state index is 10.9. The summed E-state index contributed by atoms with van der Waals surface area (Å²) in [7, 11) is 0. The molecule has 1 saturated heterocycles. The Morgan fingerprint density at radius 1 is 1.11 bits per heavy atom. The van der Waals surface area contributed by atoms with E-state index in [1.54, 1.807) is 6.07 Å². The first-order valence-electron chi connectivity index (χ1n) is 6.46. The molecule has 0 bridgehead atoms. The van der Waals surface area contributed by atoms with Gasteiger partial charge >= 0.3 is 5.97 Å². The van der Waals surface area contributed by atoms with E-state index in [1.807, 2.05) is 6.07 Å². The Morgan fingerprint density at radius 2 is 1.72 bits per heavy atom. The van der Waals surface area contributed by atoms with Gasteiger partial charge in [-0.1, -0.05) is 30.9 Å². The zero-order chi connectivity index (χ0) is 13.0. The molecule has 0 spiro atoms. The summed E-state index contributed by atoms with van der Waals surface area (Å²) in [6, 6.07) is 4.99. The van der Waals surface area contributed by atoms with Crippen molar-refractivity contribution in [2.45, 2.75) is 32.1 Å². The molecule has 0 amide bonds. The van der Waals surface area contributed by atoms with Gasteiger partial charge in [-0.15, -0.1) is 0 Å². The highest BCUT2D eigenvalue weighted by molar-refractivity contribution is 6.33. The zero-order valence-electron chi connectivity index (χ0n) is 10.4. The summed E-state index contributed by atoms with van der Waals surface area (Å²) in [4.78, 5) is 13.1. The fourth-order valence-corrected chi connectivity index (χ4v) is 2.68. The van der Waals surface area contributed by atoms with Gasteiger partial charge in [-0.25, -0.2) is 4.79 Å². The Bertz CT molecular complexity index is 426. The zero-order valence-corrected chi connectivity index (χ0v) is 11.1. The molecule has 1 aliphatic heterocycles. The van der Waals surface area contributed by atoms with E-state index in [1.165, 1.54) is 38.2 Å². The summed E-state index contributed by atoms with van der Waals surface area (Å²) in [5.74, 6) is -0.934. The number of anilines is 1. The van der Waals surface area contributed by atoms with Crippen LogP contribution in [0.1, 0.15) is 42.5 Å². The molecule has 1 aromatic rings. The van der Waals surface area contributed by atoms with Gasteiger partial charge in [-0.2, -0.15) is 0 Å². The number of benzene rings is 1. The van der Waals surface area contributed by atoms with Gasteiger partial charge in [0.05, 0.1) is 16.3 Å². The Balaban J connectivity index is 2.18. The van der Waals surface area contributed by atoms with Crippen LogP contribution < -0.4 is 4.90 Å². The molecule has 1 aromatic carbocycles. The lowest BCUT2D eigenvalue weighted by Crippen LogP contribution is -2.27. The number of halogens is 1. The van der Waals surface area contributed by atoms with E-state index in [0.717, 1.165) is 18.8 Å². The van der Waals surface area contributed by atoms with Crippen LogP contribution in [0.4, 0.5) is 5.69 Å². The first-order valence-corrected chi connectivity index (χ1v) is 6.84. The monoisotopic (exact) mass is 267 g/mol. The number of hydrogen-bond donors (Lipinski definition) is 1. The molecule has 2 rings (SSSR count). The van der Waals surface area contributed by atoms with Gasteiger partial charge in [0.2, 0.25) is 0 Å². The highest BCUT2D eigenvalue weighted by Crippen LogP contribution is 2.28. The first-order chi connectivity index (χ1) is 8.68. The van der Waals surface area contributed by atoms with Gasteiger partial charge in [0.1, 0.15) is 0 Å². The average molecular weight is 268 g/mol. The van der Waals surface area contributed by atoms with E-state index in [0.29, 0.717) is 5.02 Å². The standard InChI is InChI=1S/C14H18ClNO2/c15-12-10-11(14(17)18)6-7-13(12)16-8-4-2-1-3-5-9-16/h6-7,10H,1-5,8-9H2,(H,17,18). The van der Waals surface area contributed by atoms with Gasteiger partial charge in [-0.3, -0.25) is 0 Å². The van der Waals surface area contributed by atoms with Gasteiger partial charge in [0, 0.05) is 13.1 Å². The van der Waals surface area contributed by atoms with Gasteiger partial charge < -0.3 is 10.0 Å². The molecule has 1 heterocycles. The smallest absolute Gasteiger partial charge is 0.335 e. The third kappa shape index (κ3) is 3.16. The maximum Gasteiger partial charge on any atom is 0.335 e. The van der Waals surface area contributed by atoms with Crippen molar-refractivity contribution in [2.75, 3.05) is 18.0 Å². The van der Waals surface area contributed by atoms with Crippen LogP contribution in [0.3, 0.4) is 0 Å². The molecule has 0 saturated carbocycles. The van der Waals surface area contributed by atoms with Crippen LogP contribution in [0.25, 0.3) is 0 Å². The predicted octanol–water partition coefficient (Wildman–Crippen LogP) is 3.81. The number of hydrogen-bond acceptors (Lipinski definition) is 2. The summed E-state index contributed by atoms with van der Waals surface area (Å²) in [5, 5.41) is 9.46. The maximum atomic E-state index is 10.9. The molecular weight excluding hydrogens is 250 g/mol. The van der Waals surface area contributed by atoms with Crippen LogP contribution in [0.15, 0.2) is 18.2 Å². The highest BCUT2D eigenvalue weighted by atomic mass is 35.5. The largest absolute Gasteiger partial charge is 0.478 e. The van der Waals surface area contributed by atoms with Crippen molar-refractivity contribution in [2.24, 2.45) is 0 Å². The van der Waals surface area contributed by atoms with Crippen LogP contribution >= 0.6 is 11.6 Å². The second-order valence-corrected chi connectivity index (χ2v) is 5.13. The minimum Gasteiger partial charge on any atom is -0.478 e. The lowest BCUT2D eigenvalue weighted by molar-refractivity contribution is 0.0697. The number of rotatable bonds is 2. The Kier molecular flexibility index (Phi) is 4.48. The van der Waals surface area contributed by atoms with Crippen LogP contribution in [-0.4, -0.2) is 24.2 Å². The summed E-state index contributed by atoms with van der Waals surface area (Å²) >= 11 is 6.20. The van der Waals surface area contributed by atoms with E-state index < -0.39 is 5.97 Å². The van der Waals surface area contributed by atoms with Crippen molar-refractivity contribution in [3.8, 4) is 0 Å². The van der Waals surface area contributed by atoms with Gasteiger partial charge in [0.15, 0.2) is 0 Å². The van der Waals surface area contributed by atoms with Crippen LogP contribution in [-0.2, 0) is 0 Å². The Morgan fingerprint density at radius 3 is 2.28 bits per heavy atom. The molecule has 0 aromatic heterocycles. The summed E-state index contributed by atoms with van der Waals surface area (Å²) < 4.78 is 0. The van der Waals surface area contributed by atoms with E-state index in [-0.39, 0.29) is 5.56 Å². The quantitative estimate of drug-likeness (QED) is 0.886. The van der Waals surface area contributed by atoms with E-state index in [2.05, 4.69) is 4.90 Å². The van der Waals surface area contributed by atoms with Crippen molar-refractivity contribution in [3.05, 3.63) is 28.8 Å². The molecule has 0 radical (unpaired) electrons. The molecule has 0 aliphatic carbocycles. The predicted molar refractivity (Wildman–Crippen MR) is 73.7 cm³/mol. The van der Waals surface area contributed by atoms with Crippen LogP contribution in [0.2, 0.25) is 5.02 Å². The molecule has 1 aliphatic rings. The fourth-order valence-electron chi connectivity index (χ4n) is 2.38. The van der Waals surface area contributed by atoms with Crippen molar-refractivity contribution < 1.29 is 9.90 Å². The molecule has 3 nitrogen and oxygen atoms in total. The van der Waals surface area contributed by atoms with Crippen molar-refractivity contribution >= 4 is 23.3 Å². The molecule has 0 unspecified atom stereocenters. The molecule has 0 atom stereocenters. The Hall–Kier alpha value is -1.22. The molecular formula is C14H18ClNO2. The normalized spacial score (nSPS) is 17.1. The number of carboxylic acids is 1. The highest BCUT2D eigenvalue weighted by Gasteiger charge is 2.14. The third-order valence-electron chi connectivity index (χ3n) is 3.39. The number of carboxylic acid groups (broad SMARTS) is 1. The lowest BCUT2D eigenvalue weighted by atomic mass is 10.1. The van der Waals surface area contributed by atoms with E-state index in [4.69, 9.17) is 16.7 Å². The van der Waals surface area contributed by atoms with Gasteiger partial charge in [0.25, 0.3) is 0 Å².